The van der Waals surface area contributed by atoms with Crippen LogP contribution in [0, 0.1) is 5.92 Å². The van der Waals surface area contributed by atoms with Crippen molar-refractivity contribution < 1.29 is 10.2 Å². The topological polar surface area (TPSA) is 52.5 Å². The molecular weight excluding hydrogens is 190 g/mol. The highest BCUT2D eigenvalue weighted by Gasteiger charge is 2.23. The van der Waals surface area contributed by atoms with Crippen molar-refractivity contribution in [3.63, 3.8) is 0 Å². The molecule has 1 aliphatic carbocycles. The fourth-order valence-corrected chi connectivity index (χ4v) is 2.59. The standard InChI is InChI=1S/C12H25NO2/c1-2-12(13-11(8-14)9-15)10-6-4-3-5-7-10/h10-15H,2-9H2,1H3. The lowest BCUT2D eigenvalue weighted by molar-refractivity contribution is 0.142. The molecule has 0 spiro atoms. The van der Waals surface area contributed by atoms with E-state index in [9.17, 15) is 0 Å². The number of hydrogen-bond acceptors (Lipinski definition) is 3. The minimum atomic E-state index is -0.142. The quantitative estimate of drug-likeness (QED) is 0.626. The second-order valence-corrected chi connectivity index (χ2v) is 4.64. The highest BCUT2D eigenvalue weighted by Crippen LogP contribution is 2.27. The Morgan fingerprint density at radius 3 is 2.20 bits per heavy atom. The fourth-order valence-electron chi connectivity index (χ4n) is 2.59. The number of aliphatic hydroxyl groups is 2. The molecule has 90 valence electrons. The molecule has 1 aliphatic rings. The summed E-state index contributed by atoms with van der Waals surface area (Å²) in [6, 6.07) is 0.325. The first kappa shape index (κ1) is 12.9. The summed E-state index contributed by atoms with van der Waals surface area (Å²) in [5, 5.41) is 21.5. The molecule has 0 heterocycles. The van der Waals surface area contributed by atoms with Crippen LogP contribution in [0.1, 0.15) is 45.4 Å². The van der Waals surface area contributed by atoms with E-state index in [2.05, 4.69) is 12.2 Å². The fraction of sp³-hybridized carbons (Fsp3) is 1.00. The summed E-state index contributed by atoms with van der Waals surface area (Å²) in [4.78, 5) is 0. The zero-order valence-electron chi connectivity index (χ0n) is 9.78. The van der Waals surface area contributed by atoms with Crippen LogP contribution < -0.4 is 5.32 Å². The van der Waals surface area contributed by atoms with Crippen molar-refractivity contribution in [2.45, 2.75) is 57.5 Å². The van der Waals surface area contributed by atoms with Crippen LogP contribution in [-0.4, -0.2) is 35.5 Å². The van der Waals surface area contributed by atoms with Gasteiger partial charge < -0.3 is 15.5 Å². The predicted molar refractivity (Wildman–Crippen MR) is 61.7 cm³/mol. The monoisotopic (exact) mass is 215 g/mol. The lowest BCUT2D eigenvalue weighted by atomic mass is 9.82. The van der Waals surface area contributed by atoms with E-state index >= 15 is 0 Å². The van der Waals surface area contributed by atoms with Crippen LogP contribution >= 0.6 is 0 Å². The second-order valence-electron chi connectivity index (χ2n) is 4.64. The first-order valence-electron chi connectivity index (χ1n) is 6.29. The molecule has 1 rings (SSSR count). The Labute approximate surface area is 92.9 Å². The minimum Gasteiger partial charge on any atom is -0.395 e. The van der Waals surface area contributed by atoms with Gasteiger partial charge in [-0.2, -0.15) is 0 Å². The summed E-state index contributed by atoms with van der Waals surface area (Å²) in [5.41, 5.74) is 0. The van der Waals surface area contributed by atoms with Gasteiger partial charge in [-0.1, -0.05) is 26.2 Å². The summed E-state index contributed by atoms with van der Waals surface area (Å²) in [6.45, 7) is 2.23. The second kappa shape index (κ2) is 7.20. The molecule has 1 fully saturated rings. The Morgan fingerprint density at radius 1 is 1.13 bits per heavy atom. The average Bonchev–Trinajstić information content (AvgIpc) is 2.32. The SMILES string of the molecule is CCC(NC(CO)CO)C1CCCCC1. The van der Waals surface area contributed by atoms with Crippen molar-refractivity contribution in [3.05, 3.63) is 0 Å². The summed E-state index contributed by atoms with van der Waals surface area (Å²) in [6.07, 6.45) is 7.74. The number of aliphatic hydroxyl groups excluding tert-OH is 2. The van der Waals surface area contributed by atoms with Gasteiger partial charge in [0.15, 0.2) is 0 Å². The Hall–Kier alpha value is -0.120. The van der Waals surface area contributed by atoms with Gasteiger partial charge in [0.05, 0.1) is 19.3 Å². The summed E-state index contributed by atoms with van der Waals surface area (Å²) in [5.74, 6) is 0.740. The van der Waals surface area contributed by atoms with Crippen molar-refractivity contribution >= 4 is 0 Å². The maximum absolute atomic E-state index is 9.05. The van der Waals surface area contributed by atoms with E-state index < -0.39 is 0 Å². The summed E-state index contributed by atoms with van der Waals surface area (Å²) < 4.78 is 0. The Kier molecular flexibility index (Phi) is 6.22. The highest BCUT2D eigenvalue weighted by atomic mass is 16.3. The Balaban J connectivity index is 2.38. The lowest BCUT2D eigenvalue weighted by Gasteiger charge is -2.32. The van der Waals surface area contributed by atoms with Gasteiger partial charge in [0.25, 0.3) is 0 Å². The molecule has 3 N–H and O–H groups in total. The molecule has 0 bridgehead atoms. The first-order valence-corrected chi connectivity index (χ1v) is 6.29. The van der Waals surface area contributed by atoms with Gasteiger partial charge in [0.2, 0.25) is 0 Å². The largest absolute Gasteiger partial charge is 0.395 e. The van der Waals surface area contributed by atoms with Crippen LogP contribution in [0.3, 0.4) is 0 Å². The molecule has 0 saturated heterocycles. The Bertz CT molecular complexity index is 154. The van der Waals surface area contributed by atoms with Gasteiger partial charge in [-0.15, -0.1) is 0 Å². The van der Waals surface area contributed by atoms with E-state index in [0.717, 1.165) is 12.3 Å². The van der Waals surface area contributed by atoms with Crippen LogP contribution in [-0.2, 0) is 0 Å². The molecule has 1 saturated carbocycles. The van der Waals surface area contributed by atoms with Gasteiger partial charge in [-0.3, -0.25) is 0 Å². The molecule has 0 amide bonds. The first-order chi connectivity index (χ1) is 7.31. The van der Waals surface area contributed by atoms with Crippen molar-refractivity contribution in [2.24, 2.45) is 5.92 Å². The molecule has 0 aliphatic heterocycles. The van der Waals surface area contributed by atoms with Crippen LogP contribution in [0.4, 0.5) is 0 Å². The van der Waals surface area contributed by atoms with E-state index in [1.54, 1.807) is 0 Å². The lowest BCUT2D eigenvalue weighted by Crippen LogP contribution is -2.46. The van der Waals surface area contributed by atoms with E-state index in [4.69, 9.17) is 10.2 Å². The molecular formula is C12H25NO2. The van der Waals surface area contributed by atoms with E-state index in [-0.39, 0.29) is 19.3 Å². The summed E-state index contributed by atoms with van der Waals surface area (Å²) >= 11 is 0. The minimum absolute atomic E-state index is 0.0275. The molecule has 15 heavy (non-hydrogen) atoms. The number of hydrogen-bond donors (Lipinski definition) is 3. The van der Waals surface area contributed by atoms with Crippen molar-refractivity contribution in [1.82, 2.24) is 5.32 Å². The molecule has 0 aromatic rings. The van der Waals surface area contributed by atoms with Gasteiger partial charge in [-0.25, -0.2) is 0 Å². The third-order valence-electron chi connectivity index (χ3n) is 3.55. The smallest absolute Gasteiger partial charge is 0.0607 e. The van der Waals surface area contributed by atoms with Crippen LogP contribution in [0.25, 0.3) is 0 Å². The van der Waals surface area contributed by atoms with Crippen LogP contribution in [0.2, 0.25) is 0 Å². The molecule has 1 atom stereocenters. The molecule has 0 aromatic carbocycles. The van der Waals surface area contributed by atoms with Crippen LogP contribution in [0.15, 0.2) is 0 Å². The maximum Gasteiger partial charge on any atom is 0.0607 e. The van der Waals surface area contributed by atoms with E-state index in [1.807, 2.05) is 0 Å². The highest BCUT2D eigenvalue weighted by molar-refractivity contribution is 4.81. The molecule has 3 nitrogen and oxygen atoms in total. The molecule has 0 aromatic heterocycles. The van der Waals surface area contributed by atoms with E-state index in [0.29, 0.717) is 6.04 Å². The van der Waals surface area contributed by atoms with Gasteiger partial charge in [0, 0.05) is 6.04 Å². The van der Waals surface area contributed by atoms with Crippen molar-refractivity contribution in [1.29, 1.82) is 0 Å². The van der Waals surface area contributed by atoms with E-state index in [1.165, 1.54) is 32.1 Å². The zero-order chi connectivity index (χ0) is 11.1. The zero-order valence-corrected chi connectivity index (χ0v) is 9.78. The molecule has 1 unspecified atom stereocenters. The maximum atomic E-state index is 9.05. The van der Waals surface area contributed by atoms with Gasteiger partial charge in [0.1, 0.15) is 0 Å². The normalized spacial score (nSPS) is 20.8. The third-order valence-corrected chi connectivity index (χ3v) is 3.55. The number of rotatable bonds is 6. The third kappa shape index (κ3) is 4.09. The van der Waals surface area contributed by atoms with Gasteiger partial charge >= 0.3 is 0 Å². The van der Waals surface area contributed by atoms with Crippen molar-refractivity contribution in [2.75, 3.05) is 13.2 Å². The van der Waals surface area contributed by atoms with Crippen molar-refractivity contribution in [3.8, 4) is 0 Å². The predicted octanol–water partition coefficient (Wildman–Crippen LogP) is 1.29. The average molecular weight is 215 g/mol. The van der Waals surface area contributed by atoms with Crippen LogP contribution in [0.5, 0.6) is 0 Å². The molecule has 0 radical (unpaired) electrons. The van der Waals surface area contributed by atoms with Gasteiger partial charge in [-0.05, 0) is 25.2 Å². The summed E-state index contributed by atoms with van der Waals surface area (Å²) in [7, 11) is 0. The number of nitrogens with one attached hydrogen (secondary N) is 1. The Morgan fingerprint density at radius 2 is 1.73 bits per heavy atom. The molecule has 3 heteroatoms.